The molecule has 2 heterocycles. The van der Waals surface area contributed by atoms with Gasteiger partial charge in [0.15, 0.2) is 5.65 Å². The maximum Gasteiger partial charge on any atom is 0.278 e. The Hall–Kier alpha value is -2.67. The van der Waals surface area contributed by atoms with Gasteiger partial charge in [0.05, 0.1) is 19.9 Å². The smallest absolute Gasteiger partial charge is 0.278 e. The van der Waals surface area contributed by atoms with Crippen LogP contribution >= 0.6 is 11.6 Å². The quantitative estimate of drug-likeness (QED) is 0.675. The topological polar surface area (TPSA) is 79.1 Å². The molecule has 3 rings (SSSR count). The zero-order valence-electron chi connectivity index (χ0n) is 13.4. The van der Waals surface area contributed by atoms with Crippen LogP contribution in [0.5, 0.6) is 11.5 Å². The number of nitrogens with zero attached hydrogens (tertiary/aromatic N) is 4. The molecule has 0 aliphatic heterocycles. The molecule has 0 saturated heterocycles. The minimum Gasteiger partial charge on any atom is -0.497 e. The Kier molecular flexibility index (Phi) is 4.35. The van der Waals surface area contributed by atoms with Crippen LogP contribution in [0, 0.1) is 0 Å². The van der Waals surface area contributed by atoms with Gasteiger partial charge in [0, 0.05) is 18.7 Å². The fourth-order valence-corrected chi connectivity index (χ4v) is 2.49. The molecule has 0 saturated carbocycles. The van der Waals surface area contributed by atoms with Crippen LogP contribution in [0.4, 0.5) is 0 Å². The predicted octanol–water partition coefficient (Wildman–Crippen LogP) is 2.45. The van der Waals surface area contributed by atoms with E-state index < -0.39 is 0 Å². The first kappa shape index (κ1) is 16.2. The van der Waals surface area contributed by atoms with Gasteiger partial charge in [-0.15, -0.1) is 0 Å². The van der Waals surface area contributed by atoms with E-state index in [2.05, 4.69) is 15.0 Å². The maximum absolute atomic E-state index is 12.7. The Labute approximate surface area is 142 Å². The SMILES string of the molecule is CCOc1cc(OC)cc(-c2nc3cnc(Cl)nc3n(C)c2=O)c1. The zero-order valence-corrected chi connectivity index (χ0v) is 14.2. The highest BCUT2D eigenvalue weighted by Gasteiger charge is 2.14. The molecule has 7 nitrogen and oxygen atoms in total. The summed E-state index contributed by atoms with van der Waals surface area (Å²) < 4.78 is 12.2. The highest BCUT2D eigenvalue weighted by molar-refractivity contribution is 6.28. The van der Waals surface area contributed by atoms with Crippen LogP contribution in [0.25, 0.3) is 22.4 Å². The van der Waals surface area contributed by atoms with Crippen LogP contribution in [0.15, 0.2) is 29.2 Å². The van der Waals surface area contributed by atoms with Gasteiger partial charge in [-0.05, 0) is 30.7 Å². The molecule has 3 aromatic rings. The highest BCUT2D eigenvalue weighted by Crippen LogP contribution is 2.28. The molecule has 0 fully saturated rings. The lowest BCUT2D eigenvalue weighted by molar-refractivity contribution is 0.336. The van der Waals surface area contributed by atoms with E-state index in [1.807, 2.05) is 6.92 Å². The molecule has 124 valence electrons. The predicted molar refractivity (Wildman–Crippen MR) is 90.7 cm³/mol. The lowest BCUT2D eigenvalue weighted by atomic mass is 10.1. The molecular formula is C16H15ClN4O3. The molecule has 0 bridgehead atoms. The summed E-state index contributed by atoms with van der Waals surface area (Å²) in [4.78, 5) is 25.1. The normalized spacial score (nSPS) is 10.8. The summed E-state index contributed by atoms with van der Waals surface area (Å²) in [6.45, 7) is 2.38. The van der Waals surface area contributed by atoms with Gasteiger partial charge in [-0.25, -0.2) is 9.97 Å². The van der Waals surface area contributed by atoms with Gasteiger partial charge < -0.3 is 9.47 Å². The van der Waals surface area contributed by atoms with Crippen LogP contribution in [0.3, 0.4) is 0 Å². The van der Waals surface area contributed by atoms with Gasteiger partial charge in [0.2, 0.25) is 5.28 Å². The van der Waals surface area contributed by atoms with Crippen molar-refractivity contribution in [2.75, 3.05) is 13.7 Å². The molecule has 0 spiro atoms. The number of aryl methyl sites for hydroxylation is 1. The summed E-state index contributed by atoms with van der Waals surface area (Å²) in [5.41, 5.74) is 1.40. The van der Waals surface area contributed by atoms with Crippen LogP contribution in [-0.2, 0) is 7.05 Å². The highest BCUT2D eigenvalue weighted by atomic mass is 35.5. The molecule has 2 aromatic heterocycles. The fraction of sp³-hybridized carbons (Fsp3) is 0.250. The van der Waals surface area contributed by atoms with Crippen LogP contribution in [0.1, 0.15) is 6.92 Å². The van der Waals surface area contributed by atoms with Crippen molar-refractivity contribution in [3.05, 3.63) is 40.0 Å². The summed E-state index contributed by atoms with van der Waals surface area (Å²) >= 11 is 5.80. The van der Waals surface area contributed by atoms with Gasteiger partial charge in [0.1, 0.15) is 22.7 Å². The molecule has 0 atom stereocenters. The van der Waals surface area contributed by atoms with Crippen molar-refractivity contribution in [3.8, 4) is 22.8 Å². The number of hydrogen-bond acceptors (Lipinski definition) is 6. The first-order valence-electron chi connectivity index (χ1n) is 7.25. The Morgan fingerprint density at radius 2 is 1.96 bits per heavy atom. The van der Waals surface area contributed by atoms with Crippen LogP contribution in [-0.4, -0.2) is 33.2 Å². The van der Waals surface area contributed by atoms with Crippen molar-refractivity contribution in [1.29, 1.82) is 0 Å². The van der Waals surface area contributed by atoms with E-state index in [1.165, 1.54) is 10.8 Å². The summed E-state index contributed by atoms with van der Waals surface area (Å²) in [5, 5.41) is 0.0621. The average molecular weight is 347 g/mol. The average Bonchev–Trinajstić information content (AvgIpc) is 2.58. The van der Waals surface area contributed by atoms with E-state index in [1.54, 1.807) is 32.4 Å². The van der Waals surface area contributed by atoms with Gasteiger partial charge in [-0.3, -0.25) is 9.36 Å². The molecule has 0 unspecified atom stereocenters. The van der Waals surface area contributed by atoms with Gasteiger partial charge >= 0.3 is 0 Å². The van der Waals surface area contributed by atoms with Crippen molar-refractivity contribution in [3.63, 3.8) is 0 Å². The molecular weight excluding hydrogens is 332 g/mol. The van der Waals surface area contributed by atoms with E-state index in [-0.39, 0.29) is 16.5 Å². The fourth-order valence-electron chi connectivity index (χ4n) is 2.36. The van der Waals surface area contributed by atoms with E-state index in [9.17, 15) is 4.79 Å². The first-order chi connectivity index (χ1) is 11.5. The number of benzene rings is 1. The van der Waals surface area contributed by atoms with E-state index >= 15 is 0 Å². The Morgan fingerprint density at radius 1 is 1.21 bits per heavy atom. The molecule has 0 amide bonds. The first-order valence-corrected chi connectivity index (χ1v) is 7.62. The number of halogens is 1. The lowest BCUT2D eigenvalue weighted by Gasteiger charge is -2.11. The second-order valence-corrected chi connectivity index (χ2v) is 5.34. The standard InChI is InChI=1S/C16H15ClN4O3/c1-4-24-11-6-9(5-10(7-11)23-3)13-15(22)21(2)14-12(19-13)8-18-16(17)20-14/h5-8H,4H2,1-3H3. The van der Waals surface area contributed by atoms with Gasteiger partial charge in [0.25, 0.3) is 5.56 Å². The number of aromatic nitrogens is 4. The summed E-state index contributed by atoms with van der Waals surface area (Å²) in [6.07, 6.45) is 1.48. The molecule has 0 aliphatic carbocycles. The Morgan fingerprint density at radius 3 is 2.67 bits per heavy atom. The zero-order chi connectivity index (χ0) is 17.3. The summed E-state index contributed by atoms with van der Waals surface area (Å²) in [5.74, 6) is 1.18. The third-order valence-corrected chi connectivity index (χ3v) is 3.66. The minimum absolute atomic E-state index is 0.0621. The number of rotatable bonds is 4. The second-order valence-electron chi connectivity index (χ2n) is 5.00. The summed E-state index contributed by atoms with van der Waals surface area (Å²) in [7, 11) is 3.17. The summed E-state index contributed by atoms with van der Waals surface area (Å²) in [6, 6.07) is 5.23. The van der Waals surface area contributed by atoms with Gasteiger partial charge in [-0.1, -0.05) is 0 Å². The number of hydrogen-bond donors (Lipinski definition) is 0. The Balaban J connectivity index is 2.26. The molecule has 24 heavy (non-hydrogen) atoms. The Bertz CT molecular complexity index is 971. The second kappa shape index (κ2) is 6.45. The third-order valence-electron chi connectivity index (χ3n) is 3.48. The van der Waals surface area contributed by atoms with Crippen molar-refractivity contribution < 1.29 is 9.47 Å². The molecule has 8 heteroatoms. The third kappa shape index (κ3) is 2.90. The molecule has 1 aromatic carbocycles. The number of methoxy groups -OCH3 is 1. The van der Waals surface area contributed by atoms with E-state index in [0.717, 1.165) is 0 Å². The van der Waals surface area contributed by atoms with Crippen molar-refractivity contribution in [2.45, 2.75) is 6.92 Å². The maximum atomic E-state index is 12.7. The van der Waals surface area contributed by atoms with Crippen molar-refractivity contribution in [1.82, 2.24) is 19.5 Å². The lowest BCUT2D eigenvalue weighted by Crippen LogP contribution is -2.21. The number of fused-ring (bicyclic) bond motifs is 1. The molecule has 0 N–H and O–H groups in total. The van der Waals surface area contributed by atoms with Gasteiger partial charge in [-0.2, -0.15) is 4.98 Å². The van der Waals surface area contributed by atoms with Crippen molar-refractivity contribution >= 4 is 22.8 Å². The number of ether oxygens (including phenoxy) is 2. The van der Waals surface area contributed by atoms with E-state index in [4.69, 9.17) is 21.1 Å². The minimum atomic E-state index is -0.298. The van der Waals surface area contributed by atoms with Crippen LogP contribution < -0.4 is 15.0 Å². The van der Waals surface area contributed by atoms with Crippen LogP contribution in [0.2, 0.25) is 5.28 Å². The van der Waals surface area contributed by atoms with E-state index in [0.29, 0.717) is 34.8 Å². The monoisotopic (exact) mass is 346 g/mol. The molecule has 0 radical (unpaired) electrons. The molecule has 0 aliphatic rings. The largest absolute Gasteiger partial charge is 0.497 e. The van der Waals surface area contributed by atoms with Crippen molar-refractivity contribution in [2.24, 2.45) is 7.05 Å².